The van der Waals surface area contributed by atoms with Crippen LogP contribution in [0.1, 0.15) is 25.5 Å². The first kappa shape index (κ1) is 20.9. The van der Waals surface area contributed by atoms with Gasteiger partial charge in [0.2, 0.25) is 15.9 Å². The molecule has 3 rings (SSSR count). The number of rotatable bonds is 7. The summed E-state index contributed by atoms with van der Waals surface area (Å²) in [4.78, 5) is 12.2. The minimum atomic E-state index is -3.88. The van der Waals surface area contributed by atoms with Crippen LogP contribution in [-0.2, 0) is 21.4 Å². The van der Waals surface area contributed by atoms with Crippen molar-refractivity contribution in [1.29, 1.82) is 0 Å². The number of benzene rings is 2. The fourth-order valence-electron chi connectivity index (χ4n) is 2.79. The summed E-state index contributed by atoms with van der Waals surface area (Å²) in [5.41, 5.74) is 1.91. The van der Waals surface area contributed by atoms with Gasteiger partial charge in [-0.05, 0) is 49.7 Å². The Morgan fingerprint density at radius 1 is 1.21 bits per heavy atom. The Morgan fingerprint density at radius 2 is 1.90 bits per heavy atom. The smallest absolute Gasteiger partial charge is 0.243 e. The molecule has 3 aromatic rings. The summed E-state index contributed by atoms with van der Waals surface area (Å²) in [6, 6.07) is 10.4. The van der Waals surface area contributed by atoms with Gasteiger partial charge in [-0.15, -0.1) is 5.10 Å². The lowest BCUT2D eigenvalue weighted by atomic mass is 10.2. The van der Waals surface area contributed by atoms with Gasteiger partial charge in [-0.1, -0.05) is 17.3 Å². The van der Waals surface area contributed by atoms with E-state index in [0.717, 1.165) is 9.82 Å². The molecular formula is C19H22FN5O3S. The van der Waals surface area contributed by atoms with Crippen LogP contribution < -0.4 is 5.32 Å². The van der Waals surface area contributed by atoms with E-state index in [0.29, 0.717) is 11.1 Å². The summed E-state index contributed by atoms with van der Waals surface area (Å²) in [5, 5.41) is 10.7. The third kappa shape index (κ3) is 4.60. The van der Waals surface area contributed by atoms with E-state index in [1.807, 2.05) is 13.8 Å². The highest BCUT2D eigenvalue weighted by molar-refractivity contribution is 7.89. The van der Waals surface area contributed by atoms with Gasteiger partial charge in [0.25, 0.3) is 0 Å². The minimum absolute atomic E-state index is 0.0367. The molecule has 1 heterocycles. The number of hydrogen-bond donors (Lipinski definition) is 1. The third-order valence-electron chi connectivity index (χ3n) is 4.41. The number of amides is 1. The van der Waals surface area contributed by atoms with Gasteiger partial charge in [0, 0.05) is 19.6 Å². The molecule has 0 fully saturated rings. The summed E-state index contributed by atoms with van der Waals surface area (Å²) < 4.78 is 41.2. The van der Waals surface area contributed by atoms with Crippen molar-refractivity contribution < 1.29 is 17.6 Å². The molecule has 0 aliphatic heterocycles. The van der Waals surface area contributed by atoms with Crippen LogP contribution in [0.15, 0.2) is 47.4 Å². The monoisotopic (exact) mass is 419 g/mol. The molecule has 0 unspecified atom stereocenters. The standard InChI is InChI=1S/C19H22FN5O3S/c1-13(2)25-18-9-8-16(10-17(18)22-23-25)29(27,28)24(3)12-19(26)21-11-14-4-6-15(20)7-5-14/h4-10,13H,11-12H2,1-3H3,(H,21,26). The second-order valence-electron chi connectivity index (χ2n) is 6.94. The molecule has 154 valence electrons. The average molecular weight is 419 g/mol. The molecule has 0 spiro atoms. The molecule has 1 amide bonds. The van der Waals surface area contributed by atoms with Gasteiger partial charge in [-0.25, -0.2) is 17.5 Å². The van der Waals surface area contributed by atoms with E-state index in [9.17, 15) is 17.6 Å². The van der Waals surface area contributed by atoms with E-state index in [-0.39, 0.29) is 29.8 Å². The fraction of sp³-hybridized carbons (Fsp3) is 0.316. The number of sulfonamides is 1. The highest BCUT2D eigenvalue weighted by Crippen LogP contribution is 2.21. The first-order valence-electron chi connectivity index (χ1n) is 9.01. The number of aromatic nitrogens is 3. The summed E-state index contributed by atoms with van der Waals surface area (Å²) in [6.45, 7) is 3.74. The maximum atomic E-state index is 12.9. The van der Waals surface area contributed by atoms with Crippen LogP contribution in [0.2, 0.25) is 0 Å². The van der Waals surface area contributed by atoms with Crippen molar-refractivity contribution in [2.45, 2.75) is 31.3 Å². The maximum Gasteiger partial charge on any atom is 0.243 e. The molecule has 0 saturated heterocycles. The summed E-state index contributed by atoms with van der Waals surface area (Å²) >= 11 is 0. The molecule has 0 aliphatic carbocycles. The molecule has 0 radical (unpaired) electrons. The second-order valence-corrected chi connectivity index (χ2v) is 8.99. The van der Waals surface area contributed by atoms with E-state index in [4.69, 9.17) is 0 Å². The maximum absolute atomic E-state index is 12.9. The molecule has 1 aromatic heterocycles. The number of nitrogens with one attached hydrogen (secondary N) is 1. The number of halogens is 1. The van der Waals surface area contributed by atoms with Crippen molar-refractivity contribution in [2.75, 3.05) is 13.6 Å². The normalized spacial score (nSPS) is 12.1. The number of hydrogen-bond acceptors (Lipinski definition) is 5. The largest absolute Gasteiger partial charge is 0.351 e. The van der Waals surface area contributed by atoms with Gasteiger partial charge in [0.15, 0.2) is 0 Å². The molecule has 8 nitrogen and oxygen atoms in total. The lowest BCUT2D eigenvalue weighted by Gasteiger charge is -2.17. The van der Waals surface area contributed by atoms with E-state index < -0.39 is 15.9 Å². The Balaban J connectivity index is 1.69. The number of nitrogens with zero attached hydrogens (tertiary/aromatic N) is 4. The Kier molecular flexibility index (Phi) is 5.94. The zero-order valence-electron chi connectivity index (χ0n) is 16.3. The predicted molar refractivity (Wildman–Crippen MR) is 106 cm³/mol. The SMILES string of the molecule is CC(C)n1nnc2cc(S(=O)(=O)N(C)CC(=O)NCc3ccc(F)cc3)ccc21. The molecule has 0 bridgehead atoms. The Morgan fingerprint density at radius 3 is 2.55 bits per heavy atom. The van der Waals surface area contributed by atoms with Gasteiger partial charge in [-0.2, -0.15) is 4.31 Å². The summed E-state index contributed by atoms with van der Waals surface area (Å²) in [7, 11) is -2.54. The molecule has 1 N–H and O–H groups in total. The second kappa shape index (κ2) is 8.26. The third-order valence-corrected chi connectivity index (χ3v) is 6.21. The topological polar surface area (TPSA) is 97.2 Å². The minimum Gasteiger partial charge on any atom is -0.351 e. The molecule has 10 heteroatoms. The zero-order valence-corrected chi connectivity index (χ0v) is 17.1. The number of likely N-dealkylation sites (N-methyl/N-ethyl adjacent to an activating group) is 1. The van der Waals surface area contributed by atoms with Crippen molar-refractivity contribution in [2.24, 2.45) is 0 Å². The van der Waals surface area contributed by atoms with E-state index in [1.165, 1.54) is 31.3 Å². The zero-order chi connectivity index (χ0) is 21.2. The van der Waals surface area contributed by atoms with Gasteiger partial charge in [0.05, 0.1) is 17.0 Å². The fourth-order valence-corrected chi connectivity index (χ4v) is 3.94. The van der Waals surface area contributed by atoms with Crippen LogP contribution in [0, 0.1) is 5.82 Å². The van der Waals surface area contributed by atoms with Crippen LogP contribution >= 0.6 is 0 Å². The lowest BCUT2D eigenvalue weighted by molar-refractivity contribution is -0.121. The van der Waals surface area contributed by atoms with E-state index in [2.05, 4.69) is 15.6 Å². The van der Waals surface area contributed by atoms with Gasteiger partial charge in [0.1, 0.15) is 11.3 Å². The van der Waals surface area contributed by atoms with Crippen molar-refractivity contribution in [1.82, 2.24) is 24.6 Å². The first-order chi connectivity index (χ1) is 13.7. The predicted octanol–water partition coefficient (Wildman–Crippen LogP) is 2.09. The summed E-state index contributed by atoms with van der Waals surface area (Å²) in [5.74, 6) is -0.830. The van der Waals surface area contributed by atoms with Crippen LogP contribution in [0.4, 0.5) is 4.39 Å². The molecule has 0 atom stereocenters. The number of fused-ring (bicyclic) bond motifs is 1. The lowest BCUT2D eigenvalue weighted by Crippen LogP contribution is -2.38. The van der Waals surface area contributed by atoms with Crippen molar-refractivity contribution in [3.63, 3.8) is 0 Å². The van der Waals surface area contributed by atoms with Crippen molar-refractivity contribution in [3.05, 3.63) is 53.8 Å². The molecule has 0 saturated carbocycles. The molecule has 0 aliphatic rings. The number of carbonyl (C=O) groups excluding carboxylic acids is 1. The Hall–Kier alpha value is -2.85. The molecule has 29 heavy (non-hydrogen) atoms. The molecule has 2 aromatic carbocycles. The van der Waals surface area contributed by atoms with Gasteiger partial charge in [-0.3, -0.25) is 4.79 Å². The van der Waals surface area contributed by atoms with Gasteiger partial charge < -0.3 is 5.32 Å². The molecular weight excluding hydrogens is 397 g/mol. The van der Waals surface area contributed by atoms with Crippen LogP contribution in [-0.4, -0.2) is 47.2 Å². The first-order valence-corrected chi connectivity index (χ1v) is 10.4. The van der Waals surface area contributed by atoms with Crippen LogP contribution in [0.3, 0.4) is 0 Å². The van der Waals surface area contributed by atoms with Crippen LogP contribution in [0.5, 0.6) is 0 Å². The quantitative estimate of drug-likeness (QED) is 0.632. The van der Waals surface area contributed by atoms with Crippen molar-refractivity contribution >= 4 is 27.0 Å². The van der Waals surface area contributed by atoms with Crippen molar-refractivity contribution in [3.8, 4) is 0 Å². The Bertz CT molecular complexity index is 1130. The van der Waals surface area contributed by atoms with E-state index in [1.54, 1.807) is 22.9 Å². The average Bonchev–Trinajstić information content (AvgIpc) is 3.11. The van der Waals surface area contributed by atoms with Gasteiger partial charge >= 0.3 is 0 Å². The Labute approximate surface area is 168 Å². The highest BCUT2D eigenvalue weighted by atomic mass is 32.2. The number of carbonyl (C=O) groups is 1. The van der Waals surface area contributed by atoms with Crippen LogP contribution in [0.25, 0.3) is 11.0 Å². The summed E-state index contributed by atoms with van der Waals surface area (Å²) in [6.07, 6.45) is 0. The highest BCUT2D eigenvalue weighted by Gasteiger charge is 2.24. The van der Waals surface area contributed by atoms with E-state index >= 15 is 0 Å².